The van der Waals surface area contributed by atoms with Crippen LogP contribution >= 0.6 is 22.7 Å². The molecule has 0 aliphatic carbocycles. The number of thiazole rings is 1. The van der Waals surface area contributed by atoms with Crippen LogP contribution in [0, 0.1) is 0 Å². The summed E-state index contributed by atoms with van der Waals surface area (Å²) in [5.74, 6) is -0.202. The molecule has 0 saturated carbocycles. The van der Waals surface area contributed by atoms with Crippen LogP contribution in [0.25, 0.3) is 0 Å². The average molecular weight is 331 g/mol. The molecule has 6 nitrogen and oxygen atoms in total. The summed E-state index contributed by atoms with van der Waals surface area (Å²) in [6.07, 6.45) is 3.30. The minimum atomic E-state index is -3.17. The van der Waals surface area contributed by atoms with Crippen LogP contribution in [0.15, 0.2) is 23.7 Å². The molecule has 0 aromatic carbocycles. The smallest absolute Gasteiger partial charge is 0.267 e. The number of hydrogen-bond acceptors (Lipinski definition) is 6. The second-order valence-electron chi connectivity index (χ2n) is 3.97. The van der Waals surface area contributed by atoms with Crippen LogP contribution < -0.4 is 10.0 Å². The molecule has 20 heavy (non-hydrogen) atoms. The van der Waals surface area contributed by atoms with E-state index in [1.807, 2.05) is 6.07 Å². The lowest BCUT2D eigenvalue weighted by Crippen LogP contribution is -2.24. The Bertz CT molecular complexity index is 677. The Kier molecular flexibility index (Phi) is 4.86. The molecule has 2 rings (SSSR count). The number of rotatable bonds is 6. The van der Waals surface area contributed by atoms with Gasteiger partial charge in [0.15, 0.2) is 5.13 Å². The zero-order valence-corrected chi connectivity index (χ0v) is 13.1. The molecular formula is C11H13N3O3S3. The van der Waals surface area contributed by atoms with E-state index in [-0.39, 0.29) is 5.91 Å². The molecule has 0 bridgehead atoms. The lowest BCUT2D eigenvalue weighted by atomic mass is 10.3. The van der Waals surface area contributed by atoms with Crippen molar-refractivity contribution in [2.24, 2.45) is 0 Å². The van der Waals surface area contributed by atoms with Crippen molar-refractivity contribution < 1.29 is 13.2 Å². The van der Waals surface area contributed by atoms with Crippen LogP contribution in [-0.2, 0) is 16.4 Å². The summed E-state index contributed by atoms with van der Waals surface area (Å²) in [5.41, 5.74) is 0. The molecule has 0 aliphatic rings. The number of nitrogens with zero attached hydrogens (tertiary/aromatic N) is 1. The minimum absolute atomic E-state index is 0.202. The van der Waals surface area contributed by atoms with E-state index in [0.717, 1.165) is 11.1 Å². The number of amides is 1. The molecule has 2 aromatic rings. The number of anilines is 1. The van der Waals surface area contributed by atoms with Gasteiger partial charge in [0.2, 0.25) is 10.0 Å². The van der Waals surface area contributed by atoms with Gasteiger partial charge in [0, 0.05) is 23.0 Å². The molecule has 2 heterocycles. The summed E-state index contributed by atoms with van der Waals surface area (Å²) in [6, 6.07) is 3.55. The zero-order valence-electron chi connectivity index (χ0n) is 10.6. The SMILES string of the molecule is CS(=O)(=O)NCCc1ccc(C(=O)Nc2nccs2)s1. The van der Waals surface area contributed by atoms with Crippen molar-refractivity contribution >= 4 is 43.7 Å². The molecule has 0 spiro atoms. The van der Waals surface area contributed by atoms with E-state index < -0.39 is 10.0 Å². The fraction of sp³-hybridized carbons (Fsp3) is 0.273. The summed E-state index contributed by atoms with van der Waals surface area (Å²) >= 11 is 2.70. The molecule has 0 saturated heterocycles. The maximum atomic E-state index is 11.9. The summed E-state index contributed by atoms with van der Waals surface area (Å²) in [5, 5.41) is 5.04. The highest BCUT2D eigenvalue weighted by molar-refractivity contribution is 7.88. The molecule has 0 atom stereocenters. The van der Waals surface area contributed by atoms with Gasteiger partial charge >= 0.3 is 0 Å². The van der Waals surface area contributed by atoms with Gasteiger partial charge in [-0.05, 0) is 18.6 Å². The van der Waals surface area contributed by atoms with Crippen LogP contribution in [0.4, 0.5) is 5.13 Å². The lowest BCUT2D eigenvalue weighted by Gasteiger charge is -2.00. The van der Waals surface area contributed by atoms with Crippen molar-refractivity contribution in [2.75, 3.05) is 18.1 Å². The van der Waals surface area contributed by atoms with Crippen LogP contribution in [0.2, 0.25) is 0 Å². The van der Waals surface area contributed by atoms with E-state index in [4.69, 9.17) is 0 Å². The van der Waals surface area contributed by atoms with Gasteiger partial charge in [-0.15, -0.1) is 22.7 Å². The van der Waals surface area contributed by atoms with Gasteiger partial charge in [-0.3, -0.25) is 10.1 Å². The number of thiophene rings is 1. The van der Waals surface area contributed by atoms with Crippen LogP contribution in [0.1, 0.15) is 14.5 Å². The van der Waals surface area contributed by atoms with Crippen molar-refractivity contribution in [3.05, 3.63) is 33.5 Å². The number of carbonyl (C=O) groups excluding carboxylic acids is 1. The third-order valence-electron chi connectivity index (χ3n) is 2.27. The average Bonchev–Trinajstić information content (AvgIpc) is 2.98. The van der Waals surface area contributed by atoms with Crippen molar-refractivity contribution in [3.63, 3.8) is 0 Å². The summed E-state index contributed by atoms with van der Waals surface area (Å²) < 4.78 is 24.3. The van der Waals surface area contributed by atoms with Crippen LogP contribution in [-0.4, -0.2) is 32.1 Å². The Morgan fingerprint density at radius 2 is 2.20 bits per heavy atom. The monoisotopic (exact) mass is 331 g/mol. The first kappa shape index (κ1) is 15.1. The van der Waals surface area contributed by atoms with E-state index in [1.54, 1.807) is 17.6 Å². The van der Waals surface area contributed by atoms with Crippen molar-refractivity contribution in [2.45, 2.75) is 6.42 Å². The standard InChI is InChI=1S/C11H13N3O3S3/c1-20(16,17)13-5-4-8-2-3-9(19-8)10(15)14-11-12-6-7-18-11/h2-3,6-7,13H,4-5H2,1H3,(H,12,14,15). The molecule has 2 aromatic heterocycles. The van der Waals surface area contributed by atoms with Gasteiger partial charge < -0.3 is 0 Å². The zero-order chi connectivity index (χ0) is 14.6. The number of nitrogens with one attached hydrogen (secondary N) is 2. The van der Waals surface area contributed by atoms with Crippen molar-refractivity contribution in [1.82, 2.24) is 9.71 Å². The Morgan fingerprint density at radius 1 is 1.40 bits per heavy atom. The maximum Gasteiger partial charge on any atom is 0.267 e. The van der Waals surface area contributed by atoms with Crippen LogP contribution in [0.3, 0.4) is 0 Å². The molecular weight excluding hydrogens is 318 g/mol. The first-order valence-electron chi connectivity index (χ1n) is 5.68. The molecule has 2 N–H and O–H groups in total. The second-order valence-corrected chi connectivity index (χ2v) is 7.87. The third-order valence-corrected chi connectivity index (χ3v) is 4.83. The molecule has 0 unspecified atom stereocenters. The highest BCUT2D eigenvalue weighted by Crippen LogP contribution is 2.19. The largest absolute Gasteiger partial charge is 0.297 e. The number of hydrogen-bond donors (Lipinski definition) is 2. The van der Waals surface area contributed by atoms with E-state index in [9.17, 15) is 13.2 Å². The first-order valence-corrected chi connectivity index (χ1v) is 9.27. The van der Waals surface area contributed by atoms with Crippen molar-refractivity contribution in [3.8, 4) is 0 Å². The summed E-state index contributed by atoms with van der Waals surface area (Å²) in [7, 11) is -3.17. The number of sulfonamides is 1. The number of aromatic nitrogens is 1. The van der Waals surface area contributed by atoms with Gasteiger partial charge in [-0.2, -0.15) is 0 Å². The topological polar surface area (TPSA) is 88.2 Å². The molecule has 1 amide bonds. The van der Waals surface area contributed by atoms with E-state index in [1.165, 1.54) is 22.7 Å². The fourth-order valence-corrected chi connectivity index (χ4v) is 3.34. The highest BCUT2D eigenvalue weighted by Gasteiger charge is 2.11. The third kappa shape index (κ3) is 4.67. The first-order chi connectivity index (χ1) is 9.44. The molecule has 0 radical (unpaired) electrons. The molecule has 0 aliphatic heterocycles. The Hall–Kier alpha value is -1.29. The van der Waals surface area contributed by atoms with E-state index >= 15 is 0 Å². The quantitative estimate of drug-likeness (QED) is 0.840. The maximum absolute atomic E-state index is 11.9. The highest BCUT2D eigenvalue weighted by atomic mass is 32.2. The van der Waals surface area contributed by atoms with Gasteiger partial charge in [0.25, 0.3) is 5.91 Å². The number of carbonyl (C=O) groups is 1. The van der Waals surface area contributed by atoms with E-state index in [0.29, 0.717) is 23.0 Å². The predicted molar refractivity (Wildman–Crippen MR) is 80.9 cm³/mol. The van der Waals surface area contributed by atoms with Crippen LogP contribution in [0.5, 0.6) is 0 Å². The minimum Gasteiger partial charge on any atom is -0.297 e. The normalized spacial score (nSPS) is 11.4. The van der Waals surface area contributed by atoms with E-state index in [2.05, 4.69) is 15.0 Å². The Morgan fingerprint density at radius 3 is 2.85 bits per heavy atom. The van der Waals surface area contributed by atoms with Crippen molar-refractivity contribution in [1.29, 1.82) is 0 Å². The fourth-order valence-electron chi connectivity index (χ4n) is 1.44. The second kappa shape index (κ2) is 6.44. The predicted octanol–water partition coefficient (Wildman–Crippen LogP) is 1.55. The van der Waals surface area contributed by atoms with Gasteiger partial charge in [-0.1, -0.05) is 0 Å². The lowest BCUT2D eigenvalue weighted by molar-refractivity contribution is 0.103. The van der Waals surface area contributed by atoms with Gasteiger partial charge in [-0.25, -0.2) is 18.1 Å². The summed E-state index contributed by atoms with van der Waals surface area (Å²) in [6.45, 7) is 0.326. The van der Waals surface area contributed by atoms with Gasteiger partial charge in [0.05, 0.1) is 11.1 Å². The Labute approximate surface area is 124 Å². The molecule has 108 valence electrons. The molecule has 9 heteroatoms. The molecule has 0 fully saturated rings. The Balaban J connectivity index is 1.90. The summed E-state index contributed by atoms with van der Waals surface area (Å²) in [4.78, 5) is 17.4. The van der Waals surface area contributed by atoms with Gasteiger partial charge in [0.1, 0.15) is 0 Å².